The Kier molecular flexibility index (Phi) is 4.39. The molecule has 9 heteroatoms. The first-order chi connectivity index (χ1) is 11.1. The number of likely N-dealkylation sites (N-methyl/N-ethyl adjacent to an activating group) is 1. The molecule has 3 rings (SSSR count). The van der Waals surface area contributed by atoms with Gasteiger partial charge in [-0.05, 0) is 13.1 Å². The Bertz CT molecular complexity index is 711. The number of hydrogen-bond donors (Lipinski definition) is 1. The van der Waals surface area contributed by atoms with Crippen molar-refractivity contribution in [2.75, 3.05) is 51.0 Å². The summed E-state index contributed by atoms with van der Waals surface area (Å²) in [5.74, 6) is 0.725. The second kappa shape index (κ2) is 6.47. The van der Waals surface area contributed by atoms with Crippen molar-refractivity contribution in [3.05, 3.63) is 17.1 Å². The summed E-state index contributed by atoms with van der Waals surface area (Å²) in [4.78, 5) is 29.6. The Morgan fingerprint density at radius 3 is 2.74 bits per heavy atom. The van der Waals surface area contributed by atoms with E-state index >= 15 is 0 Å². The van der Waals surface area contributed by atoms with Gasteiger partial charge in [-0.3, -0.25) is 0 Å². The molecular weight excluding hydrogens is 316 g/mol. The number of carbonyl (C=O) groups is 1. The summed E-state index contributed by atoms with van der Waals surface area (Å²) in [5, 5.41) is 0.286. The van der Waals surface area contributed by atoms with Gasteiger partial charge in [0.1, 0.15) is 16.4 Å². The Morgan fingerprint density at radius 1 is 1.30 bits per heavy atom. The van der Waals surface area contributed by atoms with E-state index in [1.165, 1.54) is 7.11 Å². The zero-order valence-electron chi connectivity index (χ0n) is 13.0. The van der Waals surface area contributed by atoms with E-state index in [1.807, 2.05) is 6.07 Å². The predicted octanol–water partition coefficient (Wildman–Crippen LogP) is 0.721. The number of esters is 1. The van der Waals surface area contributed by atoms with Crippen LogP contribution in [0.3, 0.4) is 0 Å². The predicted molar refractivity (Wildman–Crippen MR) is 88.6 cm³/mol. The van der Waals surface area contributed by atoms with Crippen LogP contribution in [0, 0.1) is 0 Å². The molecule has 2 aromatic rings. The second-order valence-electron chi connectivity index (χ2n) is 5.25. The summed E-state index contributed by atoms with van der Waals surface area (Å²) >= 11 is 1.08. The maximum Gasteiger partial charge on any atom is 0.350 e. The SMILES string of the molecule is COC(=O)c1sc(N)nc1-c1nccc(N2CCN(C)CC2)n1. The molecule has 2 aromatic heterocycles. The number of rotatable bonds is 3. The zero-order chi connectivity index (χ0) is 16.4. The van der Waals surface area contributed by atoms with E-state index in [0.717, 1.165) is 43.3 Å². The Balaban J connectivity index is 1.93. The molecule has 1 saturated heterocycles. The van der Waals surface area contributed by atoms with Gasteiger partial charge in [-0.2, -0.15) is 0 Å². The molecule has 0 radical (unpaired) electrons. The molecule has 0 bridgehead atoms. The summed E-state index contributed by atoms with van der Waals surface area (Å²) in [6.07, 6.45) is 1.67. The molecule has 0 saturated carbocycles. The van der Waals surface area contributed by atoms with E-state index in [4.69, 9.17) is 10.5 Å². The fourth-order valence-corrected chi connectivity index (χ4v) is 3.14. The second-order valence-corrected chi connectivity index (χ2v) is 6.28. The lowest BCUT2D eigenvalue weighted by atomic mass is 10.3. The van der Waals surface area contributed by atoms with Crippen molar-refractivity contribution in [2.24, 2.45) is 0 Å². The molecule has 1 fully saturated rings. The average Bonchev–Trinajstić information content (AvgIpc) is 2.97. The molecule has 0 atom stereocenters. The minimum absolute atomic E-state index is 0.286. The first-order valence-electron chi connectivity index (χ1n) is 7.20. The van der Waals surface area contributed by atoms with Gasteiger partial charge in [-0.1, -0.05) is 11.3 Å². The molecule has 0 unspecified atom stereocenters. The Labute approximate surface area is 137 Å². The summed E-state index contributed by atoms with van der Waals surface area (Å²) in [6.45, 7) is 3.76. The number of methoxy groups -OCH3 is 1. The maximum atomic E-state index is 11.9. The van der Waals surface area contributed by atoms with Crippen LogP contribution < -0.4 is 10.6 Å². The van der Waals surface area contributed by atoms with Gasteiger partial charge in [0.2, 0.25) is 0 Å². The molecule has 0 aromatic carbocycles. The fraction of sp³-hybridized carbons (Fsp3) is 0.429. The van der Waals surface area contributed by atoms with Gasteiger partial charge in [-0.25, -0.2) is 19.7 Å². The molecule has 2 N–H and O–H groups in total. The molecule has 1 aliphatic heterocycles. The van der Waals surface area contributed by atoms with Crippen LogP contribution in [0.1, 0.15) is 9.67 Å². The highest BCUT2D eigenvalue weighted by molar-refractivity contribution is 7.17. The third kappa shape index (κ3) is 3.25. The number of nitrogens with two attached hydrogens (primary N) is 1. The van der Waals surface area contributed by atoms with E-state index in [9.17, 15) is 4.79 Å². The van der Waals surface area contributed by atoms with Crippen LogP contribution in [0.15, 0.2) is 12.3 Å². The van der Waals surface area contributed by atoms with Crippen LogP contribution in [0.25, 0.3) is 11.5 Å². The van der Waals surface area contributed by atoms with Crippen LogP contribution in [-0.2, 0) is 4.74 Å². The zero-order valence-corrected chi connectivity index (χ0v) is 13.8. The number of nitrogen functional groups attached to an aromatic ring is 1. The maximum absolute atomic E-state index is 11.9. The molecule has 8 nitrogen and oxygen atoms in total. The molecule has 3 heterocycles. The lowest BCUT2D eigenvalue weighted by Gasteiger charge is -2.33. The van der Waals surface area contributed by atoms with Crippen LogP contribution in [0.5, 0.6) is 0 Å². The minimum atomic E-state index is -0.484. The smallest absolute Gasteiger partial charge is 0.350 e. The van der Waals surface area contributed by atoms with Gasteiger partial charge in [0.15, 0.2) is 11.0 Å². The van der Waals surface area contributed by atoms with E-state index in [-0.39, 0.29) is 5.13 Å². The van der Waals surface area contributed by atoms with Gasteiger partial charge >= 0.3 is 5.97 Å². The minimum Gasteiger partial charge on any atom is -0.465 e. The van der Waals surface area contributed by atoms with Crippen molar-refractivity contribution in [3.63, 3.8) is 0 Å². The third-order valence-corrected chi connectivity index (χ3v) is 4.56. The highest BCUT2D eigenvalue weighted by Gasteiger charge is 2.22. The highest BCUT2D eigenvalue weighted by Crippen LogP contribution is 2.29. The number of anilines is 2. The van der Waals surface area contributed by atoms with Gasteiger partial charge in [0, 0.05) is 32.4 Å². The molecule has 0 aliphatic carbocycles. The monoisotopic (exact) mass is 334 g/mol. The van der Waals surface area contributed by atoms with Gasteiger partial charge in [0.25, 0.3) is 0 Å². The number of thiazole rings is 1. The van der Waals surface area contributed by atoms with Gasteiger partial charge < -0.3 is 20.3 Å². The lowest BCUT2D eigenvalue weighted by molar-refractivity contribution is 0.0607. The lowest BCUT2D eigenvalue weighted by Crippen LogP contribution is -2.44. The number of nitrogens with zero attached hydrogens (tertiary/aromatic N) is 5. The number of hydrogen-bond acceptors (Lipinski definition) is 9. The van der Waals surface area contributed by atoms with Crippen LogP contribution >= 0.6 is 11.3 Å². The normalized spacial score (nSPS) is 15.7. The van der Waals surface area contributed by atoms with Crippen LogP contribution in [-0.4, -0.2) is 66.2 Å². The van der Waals surface area contributed by atoms with Crippen molar-refractivity contribution in [1.29, 1.82) is 0 Å². The van der Waals surface area contributed by atoms with Crippen LogP contribution in [0.2, 0.25) is 0 Å². The quantitative estimate of drug-likeness (QED) is 0.820. The van der Waals surface area contributed by atoms with Gasteiger partial charge in [-0.15, -0.1) is 0 Å². The summed E-state index contributed by atoms with van der Waals surface area (Å²) in [6, 6.07) is 1.86. The van der Waals surface area contributed by atoms with Gasteiger partial charge in [0.05, 0.1) is 7.11 Å². The Morgan fingerprint density at radius 2 is 2.04 bits per heavy atom. The largest absolute Gasteiger partial charge is 0.465 e. The van der Waals surface area contributed by atoms with Crippen molar-refractivity contribution >= 4 is 28.3 Å². The van der Waals surface area contributed by atoms with Crippen LogP contribution in [0.4, 0.5) is 10.9 Å². The number of ether oxygens (including phenoxy) is 1. The molecule has 1 aliphatic rings. The van der Waals surface area contributed by atoms with Crippen molar-refractivity contribution in [2.45, 2.75) is 0 Å². The molecule has 122 valence electrons. The van der Waals surface area contributed by atoms with Crippen molar-refractivity contribution < 1.29 is 9.53 Å². The molecule has 0 amide bonds. The number of piperazine rings is 1. The highest BCUT2D eigenvalue weighted by atomic mass is 32.1. The standard InChI is InChI=1S/C14H18N6O2S/c1-19-5-7-20(8-6-19)9-3-4-16-12(17-9)10-11(13(21)22-2)23-14(15)18-10/h3-4H,5-8H2,1-2H3,(H2,15,18). The van der Waals surface area contributed by atoms with E-state index in [0.29, 0.717) is 16.4 Å². The molecular formula is C14H18N6O2S. The number of aromatic nitrogens is 3. The first kappa shape index (κ1) is 15.6. The van der Waals surface area contributed by atoms with Crippen molar-refractivity contribution in [3.8, 4) is 11.5 Å². The van der Waals surface area contributed by atoms with Crippen molar-refractivity contribution in [1.82, 2.24) is 19.9 Å². The third-order valence-electron chi connectivity index (χ3n) is 3.69. The van der Waals surface area contributed by atoms with E-state index in [2.05, 4.69) is 31.8 Å². The fourth-order valence-electron chi connectivity index (χ4n) is 2.39. The molecule has 23 heavy (non-hydrogen) atoms. The van der Waals surface area contributed by atoms with E-state index < -0.39 is 5.97 Å². The summed E-state index contributed by atoms with van der Waals surface area (Å²) < 4.78 is 4.77. The average molecular weight is 334 g/mol. The topological polar surface area (TPSA) is 97.5 Å². The number of carbonyl (C=O) groups excluding carboxylic acids is 1. The summed E-state index contributed by atoms with van der Waals surface area (Å²) in [7, 11) is 3.42. The first-order valence-corrected chi connectivity index (χ1v) is 8.01. The van der Waals surface area contributed by atoms with E-state index in [1.54, 1.807) is 6.20 Å². The Hall–Kier alpha value is -2.26. The summed E-state index contributed by atoms with van der Waals surface area (Å²) in [5.41, 5.74) is 6.10. The molecule has 0 spiro atoms.